The molecule has 278 valence electrons. The number of carboxylic acid groups (broad SMARTS) is 1. The number of phosphoric ester groups is 1. The van der Waals surface area contributed by atoms with Crippen molar-refractivity contribution in [3.8, 4) is 0 Å². The van der Waals surface area contributed by atoms with Gasteiger partial charge >= 0.3 is 19.8 Å². The van der Waals surface area contributed by atoms with Crippen molar-refractivity contribution in [3.63, 3.8) is 0 Å². The summed E-state index contributed by atoms with van der Waals surface area (Å²) < 4.78 is 26.5. The number of phosphoric acid groups is 1. The van der Waals surface area contributed by atoms with Gasteiger partial charge in [-0.2, -0.15) is 0 Å². The van der Waals surface area contributed by atoms with E-state index in [0.29, 0.717) is 12.8 Å². The summed E-state index contributed by atoms with van der Waals surface area (Å²) in [7, 11) is -4.74. The van der Waals surface area contributed by atoms with Crippen LogP contribution in [0.4, 0.5) is 0 Å². The second kappa shape index (κ2) is 31.9. The van der Waals surface area contributed by atoms with Crippen LogP contribution in [-0.4, -0.2) is 64.9 Å². The number of aliphatic carboxylic acids is 1. The zero-order valence-electron chi connectivity index (χ0n) is 29.5. The van der Waals surface area contributed by atoms with Gasteiger partial charge in [0.2, 0.25) is 5.91 Å². The molecule has 0 aromatic carbocycles. The van der Waals surface area contributed by atoms with Crippen molar-refractivity contribution in [2.24, 2.45) is 0 Å². The van der Waals surface area contributed by atoms with E-state index in [0.717, 1.165) is 77.0 Å². The highest BCUT2D eigenvalue weighted by atomic mass is 31.2. The van der Waals surface area contributed by atoms with Crippen molar-refractivity contribution in [1.29, 1.82) is 0 Å². The predicted octanol–water partition coefficient (Wildman–Crippen LogP) is 8.10. The summed E-state index contributed by atoms with van der Waals surface area (Å²) in [6.07, 6.45) is 31.0. The molecule has 0 rings (SSSR count). The van der Waals surface area contributed by atoms with Crippen LogP contribution < -0.4 is 5.32 Å². The van der Waals surface area contributed by atoms with E-state index in [1.807, 2.05) is 0 Å². The molecule has 1 amide bonds. The first-order chi connectivity index (χ1) is 23.1. The predicted molar refractivity (Wildman–Crippen MR) is 189 cm³/mol. The molecule has 3 unspecified atom stereocenters. The lowest BCUT2D eigenvalue weighted by Gasteiger charge is -2.18. The molecule has 4 N–H and O–H groups in total. The number of nitrogens with one attached hydrogen (secondary N) is 1. The number of carbonyl (C=O) groups excluding carboxylic acids is 2. The van der Waals surface area contributed by atoms with Crippen LogP contribution in [0.25, 0.3) is 0 Å². The van der Waals surface area contributed by atoms with Gasteiger partial charge in [0.1, 0.15) is 12.7 Å². The number of hydrogen-bond donors (Lipinski definition) is 4. The Morgan fingerprint density at radius 2 is 1.15 bits per heavy atom. The lowest BCUT2D eigenvalue weighted by molar-refractivity contribution is -0.147. The zero-order valence-corrected chi connectivity index (χ0v) is 30.4. The number of ether oxygens (including phenoxy) is 1. The minimum absolute atomic E-state index is 0.139. The third-order valence-corrected chi connectivity index (χ3v) is 8.38. The van der Waals surface area contributed by atoms with Gasteiger partial charge in [0.15, 0.2) is 6.04 Å². The third kappa shape index (κ3) is 31.0. The van der Waals surface area contributed by atoms with Crippen LogP contribution in [0.3, 0.4) is 0 Å². The highest BCUT2D eigenvalue weighted by molar-refractivity contribution is 7.47. The van der Waals surface area contributed by atoms with Crippen molar-refractivity contribution in [3.05, 3.63) is 36.5 Å². The molecule has 0 fully saturated rings. The molecule has 0 aromatic rings. The lowest BCUT2D eigenvalue weighted by Crippen LogP contribution is -2.43. The molecule has 0 spiro atoms. The highest BCUT2D eigenvalue weighted by Crippen LogP contribution is 2.43. The van der Waals surface area contributed by atoms with Crippen molar-refractivity contribution in [2.45, 2.75) is 154 Å². The largest absolute Gasteiger partial charge is 0.480 e. The molecule has 11 nitrogen and oxygen atoms in total. The summed E-state index contributed by atoms with van der Waals surface area (Å²) in [5.74, 6) is -2.41. The van der Waals surface area contributed by atoms with E-state index in [9.17, 15) is 34.1 Å². The maximum Gasteiger partial charge on any atom is 0.472 e. The third-order valence-electron chi connectivity index (χ3n) is 7.43. The van der Waals surface area contributed by atoms with Crippen molar-refractivity contribution in [2.75, 3.05) is 19.8 Å². The smallest absolute Gasteiger partial charge is 0.472 e. The molecule has 12 heteroatoms. The Bertz CT molecular complexity index is 968. The monoisotopic (exact) mass is 701 g/mol. The normalized spacial score (nSPS) is 14.4. The second-order valence-corrected chi connectivity index (χ2v) is 13.5. The number of carbonyl (C=O) groups is 3. The van der Waals surface area contributed by atoms with Gasteiger partial charge in [0.05, 0.1) is 13.2 Å². The Labute approximate surface area is 289 Å². The van der Waals surface area contributed by atoms with Crippen LogP contribution >= 0.6 is 7.82 Å². The van der Waals surface area contributed by atoms with Gasteiger partial charge in [-0.05, 0) is 51.4 Å². The van der Waals surface area contributed by atoms with E-state index in [1.165, 1.54) is 25.7 Å². The number of allylic oxidation sites excluding steroid dienone is 6. The van der Waals surface area contributed by atoms with E-state index >= 15 is 0 Å². The first kappa shape index (κ1) is 45.7. The van der Waals surface area contributed by atoms with Gasteiger partial charge in [0, 0.05) is 12.8 Å². The molecule has 0 bridgehead atoms. The van der Waals surface area contributed by atoms with Gasteiger partial charge < -0.3 is 25.2 Å². The average Bonchev–Trinajstić information content (AvgIpc) is 3.05. The second-order valence-electron chi connectivity index (χ2n) is 12.1. The molecule has 0 saturated heterocycles. The summed E-state index contributed by atoms with van der Waals surface area (Å²) >= 11 is 0. The SMILES string of the molecule is CCCCC/C=C\C/C=C\C/C=C\CCCCCCCCC(=O)OCC(O)COP(=O)(O)OCC(NC(=O)CCCCCCC)C(=O)O. The lowest BCUT2D eigenvalue weighted by atomic mass is 10.1. The first-order valence-corrected chi connectivity index (χ1v) is 19.5. The molecule has 0 aromatic heterocycles. The number of carboxylic acids is 1. The Hall–Kier alpha value is -2.30. The van der Waals surface area contributed by atoms with Crippen molar-refractivity contribution in [1.82, 2.24) is 5.32 Å². The fourth-order valence-corrected chi connectivity index (χ4v) is 5.33. The van der Waals surface area contributed by atoms with Gasteiger partial charge in [0.25, 0.3) is 0 Å². The number of hydrogen-bond acceptors (Lipinski definition) is 8. The fourth-order valence-electron chi connectivity index (χ4n) is 4.55. The topological polar surface area (TPSA) is 169 Å². The molecule has 0 aliphatic rings. The summed E-state index contributed by atoms with van der Waals surface area (Å²) in [4.78, 5) is 45.2. The molecule has 0 saturated carbocycles. The molecular weight excluding hydrogens is 637 g/mol. The maximum absolute atomic E-state index is 12.1. The summed E-state index contributed by atoms with van der Waals surface area (Å²) in [5, 5.41) is 21.5. The van der Waals surface area contributed by atoms with Crippen LogP contribution in [0.15, 0.2) is 36.5 Å². The van der Waals surface area contributed by atoms with Crippen LogP contribution in [0.1, 0.15) is 142 Å². The average molecular weight is 702 g/mol. The molecule has 0 aliphatic heterocycles. The van der Waals surface area contributed by atoms with Crippen LogP contribution in [0.2, 0.25) is 0 Å². The quantitative estimate of drug-likeness (QED) is 0.0227. The number of esters is 1. The summed E-state index contributed by atoms with van der Waals surface area (Å²) in [5.41, 5.74) is 0. The van der Waals surface area contributed by atoms with Gasteiger partial charge in [-0.3, -0.25) is 18.6 Å². The Balaban J connectivity index is 3.90. The number of rotatable bonds is 33. The molecule has 48 heavy (non-hydrogen) atoms. The number of aliphatic hydroxyl groups excluding tert-OH is 1. The molecule has 0 heterocycles. The van der Waals surface area contributed by atoms with Crippen LogP contribution in [0.5, 0.6) is 0 Å². The molecule has 0 radical (unpaired) electrons. The summed E-state index contributed by atoms with van der Waals surface area (Å²) in [6, 6.07) is -1.54. The Morgan fingerprint density at radius 1 is 0.667 bits per heavy atom. The number of aliphatic hydroxyl groups is 1. The molecular formula is C36H64NO10P. The fraction of sp³-hybridized carbons (Fsp3) is 0.750. The Kier molecular flexibility index (Phi) is 30.4. The highest BCUT2D eigenvalue weighted by Gasteiger charge is 2.28. The molecule has 0 aliphatic carbocycles. The van der Waals surface area contributed by atoms with Crippen molar-refractivity contribution < 1.29 is 47.8 Å². The first-order valence-electron chi connectivity index (χ1n) is 18.0. The summed E-state index contributed by atoms with van der Waals surface area (Å²) in [6.45, 7) is 2.39. The zero-order chi connectivity index (χ0) is 35.7. The minimum Gasteiger partial charge on any atom is -0.480 e. The number of amides is 1. The van der Waals surface area contributed by atoms with Gasteiger partial charge in [-0.15, -0.1) is 0 Å². The van der Waals surface area contributed by atoms with E-state index < -0.39 is 57.6 Å². The van der Waals surface area contributed by atoms with E-state index in [1.54, 1.807) is 0 Å². The molecule has 3 atom stereocenters. The van der Waals surface area contributed by atoms with E-state index in [2.05, 4.69) is 55.6 Å². The minimum atomic E-state index is -4.74. The van der Waals surface area contributed by atoms with Crippen LogP contribution in [-0.2, 0) is 32.7 Å². The standard InChI is InChI=1S/C36H64NO10P/c1-3-5-7-9-10-11-12-13-14-15-16-17-18-19-20-21-22-24-26-28-35(40)45-29-32(38)30-46-48(43,44)47-31-33(36(41)42)37-34(39)27-25-23-8-6-4-2/h10-11,13-14,16-17,32-33,38H,3-9,12,15,18-31H2,1-2H3,(H,37,39)(H,41,42)(H,43,44)/b11-10-,14-13-,17-16-. The van der Waals surface area contributed by atoms with Crippen molar-refractivity contribution >= 4 is 25.7 Å². The Morgan fingerprint density at radius 3 is 1.75 bits per heavy atom. The number of unbranched alkanes of at least 4 members (excludes halogenated alkanes) is 13. The van der Waals surface area contributed by atoms with E-state index in [4.69, 9.17) is 13.8 Å². The van der Waals surface area contributed by atoms with Gasteiger partial charge in [-0.1, -0.05) is 115 Å². The van der Waals surface area contributed by atoms with Gasteiger partial charge in [-0.25, -0.2) is 9.36 Å². The maximum atomic E-state index is 12.1. The van der Waals surface area contributed by atoms with Crippen LogP contribution in [0, 0.1) is 0 Å². The van der Waals surface area contributed by atoms with E-state index in [-0.39, 0.29) is 12.8 Å².